The standard InChI is InChI=1S/C14H12O3.C7H6O/c1-16-12-7-9-13(10-8-12)17-14(15)11-5-3-2-4-6-11;8-6-7-4-2-1-3-5-7/h2-10H,1H3;1-6H. The quantitative estimate of drug-likeness (QED) is 0.403. The van der Waals surface area contributed by atoms with Gasteiger partial charge in [-0.2, -0.15) is 0 Å². The van der Waals surface area contributed by atoms with Gasteiger partial charge in [0.25, 0.3) is 0 Å². The molecule has 0 saturated heterocycles. The highest BCUT2D eigenvalue weighted by atomic mass is 16.5. The van der Waals surface area contributed by atoms with Crippen LogP contribution in [0.1, 0.15) is 20.7 Å². The number of aldehydes is 1. The van der Waals surface area contributed by atoms with Crippen molar-refractivity contribution in [2.75, 3.05) is 7.11 Å². The summed E-state index contributed by atoms with van der Waals surface area (Å²) in [6.45, 7) is 0. The highest BCUT2D eigenvalue weighted by Crippen LogP contribution is 2.18. The fourth-order valence-electron chi connectivity index (χ4n) is 1.92. The van der Waals surface area contributed by atoms with E-state index >= 15 is 0 Å². The predicted molar refractivity (Wildman–Crippen MR) is 96.2 cm³/mol. The maximum absolute atomic E-state index is 11.7. The van der Waals surface area contributed by atoms with Crippen LogP contribution in [0.15, 0.2) is 84.9 Å². The second-order valence-corrected chi connectivity index (χ2v) is 4.96. The highest BCUT2D eigenvalue weighted by Gasteiger charge is 2.07. The molecule has 0 aromatic heterocycles. The van der Waals surface area contributed by atoms with Crippen LogP contribution in [0.25, 0.3) is 0 Å². The Bertz CT molecular complexity index is 781. The lowest BCUT2D eigenvalue weighted by Crippen LogP contribution is -2.07. The lowest BCUT2D eigenvalue weighted by molar-refractivity contribution is 0.0734. The van der Waals surface area contributed by atoms with Gasteiger partial charge < -0.3 is 9.47 Å². The number of hydrogen-bond donors (Lipinski definition) is 0. The molecule has 25 heavy (non-hydrogen) atoms. The molecule has 0 spiro atoms. The largest absolute Gasteiger partial charge is 0.497 e. The van der Waals surface area contributed by atoms with E-state index in [1.165, 1.54) is 0 Å². The van der Waals surface area contributed by atoms with Crippen molar-refractivity contribution in [3.63, 3.8) is 0 Å². The average Bonchev–Trinajstić information content (AvgIpc) is 2.70. The summed E-state index contributed by atoms with van der Waals surface area (Å²) in [6.07, 6.45) is 0.833. The molecule has 0 radical (unpaired) electrons. The molecule has 0 aliphatic carbocycles. The van der Waals surface area contributed by atoms with E-state index in [0.29, 0.717) is 11.3 Å². The summed E-state index contributed by atoms with van der Waals surface area (Å²) < 4.78 is 10.2. The number of hydrogen-bond acceptors (Lipinski definition) is 4. The molecule has 4 nitrogen and oxygen atoms in total. The summed E-state index contributed by atoms with van der Waals surface area (Å²) in [5, 5.41) is 0. The van der Waals surface area contributed by atoms with E-state index in [1.54, 1.807) is 67.8 Å². The molecule has 0 aliphatic heterocycles. The number of benzene rings is 3. The maximum Gasteiger partial charge on any atom is 0.343 e. The van der Waals surface area contributed by atoms with E-state index < -0.39 is 0 Å². The minimum absolute atomic E-state index is 0.365. The highest BCUT2D eigenvalue weighted by molar-refractivity contribution is 5.90. The Balaban J connectivity index is 0.000000236. The first-order valence-electron chi connectivity index (χ1n) is 7.64. The van der Waals surface area contributed by atoms with Crippen LogP contribution in [0.2, 0.25) is 0 Å². The van der Waals surface area contributed by atoms with Gasteiger partial charge in [-0.05, 0) is 36.4 Å². The first-order valence-corrected chi connectivity index (χ1v) is 7.64. The minimum atomic E-state index is -0.365. The molecule has 0 amide bonds. The summed E-state index contributed by atoms with van der Waals surface area (Å²) in [6, 6.07) is 24.8. The molecule has 0 aliphatic rings. The van der Waals surface area contributed by atoms with Crippen molar-refractivity contribution in [2.24, 2.45) is 0 Å². The molecule has 0 saturated carbocycles. The summed E-state index contributed by atoms with van der Waals surface area (Å²) in [7, 11) is 1.59. The van der Waals surface area contributed by atoms with Gasteiger partial charge in [0.15, 0.2) is 0 Å². The molecule has 126 valence electrons. The third-order valence-corrected chi connectivity index (χ3v) is 3.22. The monoisotopic (exact) mass is 334 g/mol. The van der Waals surface area contributed by atoms with E-state index in [2.05, 4.69) is 0 Å². The average molecular weight is 334 g/mol. The maximum atomic E-state index is 11.7. The number of carbonyl (C=O) groups is 2. The van der Waals surface area contributed by atoms with Crippen molar-refractivity contribution >= 4 is 12.3 Å². The zero-order valence-electron chi connectivity index (χ0n) is 13.8. The zero-order valence-corrected chi connectivity index (χ0v) is 13.8. The molecule has 3 aromatic carbocycles. The minimum Gasteiger partial charge on any atom is -0.497 e. The molecule has 0 heterocycles. The Morgan fingerprint density at radius 1 is 0.760 bits per heavy atom. The van der Waals surface area contributed by atoms with Crippen LogP contribution in [0, 0.1) is 0 Å². The molecular formula is C21H18O4. The second-order valence-electron chi connectivity index (χ2n) is 4.96. The Morgan fingerprint density at radius 3 is 1.76 bits per heavy atom. The molecule has 0 N–H and O–H groups in total. The van der Waals surface area contributed by atoms with E-state index in [9.17, 15) is 9.59 Å². The zero-order chi connectivity index (χ0) is 17.9. The normalized spacial score (nSPS) is 9.32. The SMILES string of the molecule is COc1ccc(OC(=O)c2ccccc2)cc1.O=Cc1ccccc1. The summed E-state index contributed by atoms with van der Waals surface area (Å²) in [5.41, 5.74) is 1.26. The van der Waals surface area contributed by atoms with E-state index in [0.717, 1.165) is 17.6 Å². The van der Waals surface area contributed by atoms with Crippen LogP contribution in [0.5, 0.6) is 11.5 Å². The number of methoxy groups -OCH3 is 1. The van der Waals surface area contributed by atoms with Gasteiger partial charge in [0.05, 0.1) is 12.7 Å². The van der Waals surface area contributed by atoms with Crippen LogP contribution in [0.4, 0.5) is 0 Å². The molecule has 0 bridgehead atoms. The number of esters is 1. The molecular weight excluding hydrogens is 316 g/mol. The van der Waals surface area contributed by atoms with E-state index in [-0.39, 0.29) is 5.97 Å². The van der Waals surface area contributed by atoms with Crippen LogP contribution < -0.4 is 9.47 Å². The number of ether oxygens (including phenoxy) is 2. The van der Waals surface area contributed by atoms with E-state index in [1.807, 2.05) is 24.3 Å². The lowest BCUT2D eigenvalue weighted by Gasteiger charge is -2.05. The molecule has 0 fully saturated rings. The second kappa shape index (κ2) is 9.67. The Labute approximate surface area is 146 Å². The Morgan fingerprint density at radius 2 is 1.28 bits per heavy atom. The first-order chi connectivity index (χ1) is 12.2. The van der Waals surface area contributed by atoms with Gasteiger partial charge in [-0.25, -0.2) is 4.79 Å². The Kier molecular flexibility index (Phi) is 6.95. The topological polar surface area (TPSA) is 52.6 Å². The lowest BCUT2D eigenvalue weighted by atomic mass is 10.2. The van der Waals surface area contributed by atoms with Gasteiger partial charge in [0.2, 0.25) is 0 Å². The smallest absolute Gasteiger partial charge is 0.343 e. The van der Waals surface area contributed by atoms with Gasteiger partial charge in [0, 0.05) is 5.56 Å². The fourth-order valence-corrected chi connectivity index (χ4v) is 1.92. The summed E-state index contributed by atoms with van der Waals surface area (Å²) >= 11 is 0. The van der Waals surface area contributed by atoms with Crippen molar-refractivity contribution in [1.29, 1.82) is 0 Å². The third kappa shape index (κ3) is 5.95. The van der Waals surface area contributed by atoms with E-state index in [4.69, 9.17) is 9.47 Å². The first kappa shape index (κ1) is 17.9. The molecule has 3 rings (SSSR count). The van der Waals surface area contributed by atoms with Crippen molar-refractivity contribution in [3.8, 4) is 11.5 Å². The predicted octanol–water partition coefficient (Wildman–Crippen LogP) is 4.41. The van der Waals surface area contributed by atoms with Crippen molar-refractivity contribution in [3.05, 3.63) is 96.1 Å². The molecule has 3 aromatic rings. The number of carbonyl (C=O) groups excluding carboxylic acids is 2. The molecule has 4 heteroatoms. The van der Waals surface area contributed by atoms with Gasteiger partial charge in [-0.1, -0.05) is 48.5 Å². The van der Waals surface area contributed by atoms with Gasteiger partial charge in [-0.3, -0.25) is 4.79 Å². The van der Waals surface area contributed by atoms with Crippen molar-refractivity contribution in [1.82, 2.24) is 0 Å². The van der Waals surface area contributed by atoms with Gasteiger partial charge >= 0.3 is 5.97 Å². The van der Waals surface area contributed by atoms with Crippen LogP contribution in [-0.2, 0) is 0 Å². The van der Waals surface area contributed by atoms with Crippen LogP contribution >= 0.6 is 0 Å². The summed E-state index contributed by atoms with van der Waals surface area (Å²) in [4.78, 5) is 21.7. The third-order valence-electron chi connectivity index (χ3n) is 3.22. The van der Waals surface area contributed by atoms with Crippen molar-refractivity contribution < 1.29 is 19.1 Å². The fraction of sp³-hybridized carbons (Fsp3) is 0.0476. The molecule has 0 atom stereocenters. The van der Waals surface area contributed by atoms with Gasteiger partial charge in [-0.15, -0.1) is 0 Å². The van der Waals surface area contributed by atoms with Crippen LogP contribution in [-0.4, -0.2) is 19.4 Å². The van der Waals surface area contributed by atoms with Gasteiger partial charge in [0.1, 0.15) is 17.8 Å². The molecule has 0 unspecified atom stereocenters. The summed E-state index contributed by atoms with van der Waals surface area (Å²) in [5.74, 6) is 0.861. The van der Waals surface area contributed by atoms with Crippen molar-refractivity contribution in [2.45, 2.75) is 0 Å². The van der Waals surface area contributed by atoms with Crippen LogP contribution in [0.3, 0.4) is 0 Å². The Hall–Kier alpha value is -3.40. The number of rotatable bonds is 4.